The fourth-order valence-corrected chi connectivity index (χ4v) is 3.51. The van der Waals surface area contributed by atoms with Crippen LogP contribution < -0.4 is 0 Å². The van der Waals surface area contributed by atoms with E-state index in [-0.39, 0.29) is 5.91 Å². The summed E-state index contributed by atoms with van der Waals surface area (Å²) >= 11 is 0. The Kier molecular flexibility index (Phi) is 11.2. The Labute approximate surface area is 205 Å². The highest BCUT2D eigenvalue weighted by atomic mass is 16.5. The molecule has 0 bridgehead atoms. The number of hydrogen-bond donors (Lipinski definition) is 2. The van der Waals surface area contributed by atoms with Gasteiger partial charge < -0.3 is 24.7 Å². The van der Waals surface area contributed by atoms with Gasteiger partial charge in [-0.25, -0.2) is 9.59 Å². The smallest absolute Gasteiger partial charge is 0.328 e. The summed E-state index contributed by atoms with van der Waals surface area (Å²) in [5, 5.41) is 15.6. The second-order valence-corrected chi connectivity index (χ2v) is 7.71. The quantitative estimate of drug-likeness (QED) is 0.474. The number of amides is 1. The first-order valence-electron chi connectivity index (χ1n) is 11.5. The average Bonchev–Trinajstić information content (AvgIpc) is 3.17. The van der Waals surface area contributed by atoms with Crippen molar-refractivity contribution in [3.63, 3.8) is 0 Å². The van der Waals surface area contributed by atoms with Crippen LogP contribution in [0.15, 0.2) is 78.6 Å². The highest BCUT2D eigenvalue weighted by Gasteiger charge is 2.32. The molecule has 0 fully saturated rings. The molecular weight excluding hydrogens is 448 g/mol. The van der Waals surface area contributed by atoms with Gasteiger partial charge in [0, 0.05) is 30.8 Å². The van der Waals surface area contributed by atoms with Gasteiger partial charge in [-0.05, 0) is 24.2 Å². The normalized spacial score (nSPS) is 13.2. The monoisotopic (exact) mass is 480 g/mol. The van der Waals surface area contributed by atoms with Gasteiger partial charge in [-0.15, -0.1) is 0 Å². The number of carbonyl (C=O) groups excluding carboxylic acids is 1. The molecule has 2 aromatic carbocycles. The highest BCUT2D eigenvalue weighted by Crippen LogP contribution is 2.29. The second kappa shape index (κ2) is 14.4. The molecule has 1 amide bonds. The molecular formula is C27H32N2O6. The van der Waals surface area contributed by atoms with E-state index >= 15 is 0 Å². The topological polar surface area (TPSA) is 107 Å². The van der Waals surface area contributed by atoms with Crippen molar-refractivity contribution in [3.8, 4) is 0 Å². The number of aliphatic carboxylic acids is 2. The zero-order valence-electron chi connectivity index (χ0n) is 20.1. The fraction of sp³-hybridized carbons (Fsp3) is 0.296. The molecule has 1 aliphatic heterocycles. The van der Waals surface area contributed by atoms with Crippen molar-refractivity contribution in [2.75, 3.05) is 32.8 Å². The summed E-state index contributed by atoms with van der Waals surface area (Å²) in [6.07, 6.45) is 1.12. The summed E-state index contributed by atoms with van der Waals surface area (Å²) in [5.74, 6) is -2.03. The zero-order chi connectivity index (χ0) is 25.6. The maximum absolute atomic E-state index is 13.0. The molecule has 2 N–H and O–H groups in total. The van der Waals surface area contributed by atoms with Gasteiger partial charge in [-0.2, -0.15) is 0 Å². The van der Waals surface area contributed by atoms with Crippen molar-refractivity contribution in [3.05, 3.63) is 89.7 Å². The third kappa shape index (κ3) is 9.10. The summed E-state index contributed by atoms with van der Waals surface area (Å²) in [6, 6.07) is 20.2. The summed E-state index contributed by atoms with van der Waals surface area (Å²) in [4.78, 5) is 36.3. The number of carbonyl (C=O) groups is 3. The van der Waals surface area contributed by atoms with Crippen LogP contribution in [-0.2, 0) is 25.7 Å². The summed E-state index contributed by atoms with van der Waals surface area (Å²) in [7, 11) is 0. The van der Waals surface area contributed by atoms with Gasteiger partial charge in [-0.3, -0.25) is 4.79 Å². The van der Waals surface area contributed by atoms with E-state index in [2.05, 4.69) is 30.9 Å². The molecule has 2 aromatic rings. The first-order chi connectivity index (χ1) is 16.8. The van der Waals surface area contributed by atoms with Crippen molar-refractivity contribution >= 4 is 23.4 Å². The van der Waals surface area contributed by atoms with E-state index in [9.17, 15) is 14.4 Å². The lowest BCUT2D eigenvalue weighted by atomic mass is 10.1. The molecule has 0 unspecified atom stereocenters. The van der Waals surface area contributed by atoms with Gasteiger partial charge in [0.15, 0.2) is 5.76 Å². The molecule has 0 saturated heterocycles. The van der Waals surface area contributed by atoms with E-state index in [1.165, 1.54) is 0 Å². The van der Waals surface area contributed by atoms with Crippen LogP contribution in [0.25, 0.3) is 5.57 Å². The van der Waals surface area contributed by atoms with E-state index in [4.69, 9.17) is 14.9 Å². The minimum absolute atomic E-state index is 0.0164. The van der Waals surface area contributed by atoms with Gasteiger partial charge in [0.1, 0.15) is 6.61 Å². The molecule has 1 heterocycles. The van der Waals surface area contributed by atoms with E-state index < -0.39 is 11.9 Å². The predicted octanol–water partition coefficient (Wildman–Crippen LogP) is 3.51. The average molecular weight is 481 g/mol. The van der Waals surface area contributed by atoms with Crippen LogP contribution in [0.4, 0.5) is 0 Å². The van der Waals surface area contributed by atoms with Crippen molar-refractivity contribution in [2.45, 2.75) is 20.4 Å². The minimum Gasteiger partial charge on any atom is -0.486 e. The van der Waals surface area contributed by atoms with Crippen LogP contribution in [-0.4, -0.2) is 70.6 Å². The molecule has 0 aliphatic carbocycles. The predicted molar refractivity (Wildman–Crippen MR) is 133 cm³/mol. The summed E-state index contributed by atoms with van der Waals surface area (Å²) < 4.78 is 6.03. The van der Waals surface area contributed by atoms with Gasteiger partial charge in [-0.1, -0.05) is 74.5 Å². The molecule has 0 saturated carbocycles. The fourth-order valence-electron chi connectivity index (χ4n) is 3.51. The van der Waals surface area contributed by atoms with Crippen LogP contribution >= 0.6 is 0 Å². The molecule has 8 nitrogen and oxygen atoms in total. The number of carboxylic acids is 2. The van der Waals surface area contributed by atoms with Crippen LogP contribution in [0.2, 0.25) is 0 Å². The lowest BCUT2D eigenvalue weighted by Crippen LogP contribution is -2.29. The van der Waals surface area contributed by atoms with Gasteiger partial charge in [0.25, 0.3) is 5.91 Å². The molecule has 3 rings (SSSR count). The number of hydrogen-bond acceptors (Lipinski definition) is 5. The highest BCUT2D eigenvalue weighted by molar-refractivity contribution is 6.04. The Bertz CT molecular complexity index is 1010. The van der Waals surface area contributed by atoms with Gasteiger partial charge >= 0.3 is 11.9 Å². The maximum Gasteiger partial charge on any atom is 0.328 e. The number of benzene rings is 2. The van der Waals surface area contributed by atoms with Gasteiger partial charge in [0.05, 0.1) is 6.54 Å². The molecule has 186 valence electrons. The van der Waals surface area contributed by atoms with Crippen LogP contribution in [0.3, 0.4) is 0 Å². The maximum atomic E-state index is 13.0. The summed E-state index contributed by atoms with van der Waals surface area (Å²) in [6.45, 7) is 8.78. The number of carboxylic acid groups (broad SMARTS) is 2. The Morgan fingerprint density at radius 2 is 1.49 bits per heavy atom. The van der Waals surface area contributed by atoms with E-state index in [0.29, 0.717) is 37.6 Å². The van der Waals surface area contributed by atoms with E-state index in [1.807, 2.05) is 53.4 Å². The Hall–Kier alpha value is -3.91. The first-order valence-corrected chi connectivity index (χ1v) is 11.5. The Balaban J connectivity index is 0.000000466. The van der Waals surface area contributed by atoms with Crippen LogP contribution in [0.5, 0.6) is 0 Å². The van der Waals surface area contributed by atoms with Crippen LogP contribution in [0.1, 0.15) is 25.0 Å². The Morgan fingerprint density at radius 3 is 2.00 bits per heavy atom. The molecule has 0 aromatic heterocycles. The first kappa shape index (κ1) is 27.3. The third-order valence-electron chi connectivity index (χ3n) is 5.36. The number of rotatable bonds is 11. The minimum atomic E-state index is -1.26. The number of ether oxygens (including phenoxy) is 1. The van der Waals surface area contributed by atoms with Crippen molar-refractivity contribution in [1.82, 2.24) is 9.80 Å². The van der Waals surface area contributed by atoms with E-state index in [1.54, 1.807) is 0 Å². The molecule has 0 atom stereocenters. The molecule has 35 heavy (non-hydrogen) atoms. The third-order valence-corrected chi connectivity index (χ3v) is 5.36. The lowest BCUT2D eigenvalue weighted by molar-refractivity contribution is -0.134. The standard InChI is InChI=1S/C23H28N2O2.C4H4O4/c1-3-24(4-2)15-16-27-22-21(20-13-9-6-10-14-20)18-25(23(22)26)17-19-11-7-5-8-12-19;5-3(6)1-2-4(7)8/h5-14H,3-4,15-18H2,1-2H3;1-2H,(H,5,6)(H,7,8)/b;2-1+. The van der Waals surface area contributed by atoms with E-state index in [0.717, 1.165) is 36.3 Å². The SMILES string of the molecule is CCN(CC)CCOC1=C(c2ccccc2)CN(Cc2ccccc2)C1=O.O=C(O)/C=C/C(=O)O. The largest absolute Gasteiger partial charge is 0.486 e. The molecule has 8 heteroatoms. The van der Waals surface area contributed by atoms with Gasteiger partial charge in [0.2, 0.25) is 0 Å². The van der Waals surface area contributed by atoms with Crippen molar-refractivity contribution < 1.29 is 29.3 Å². The second-order valence-electron chi connectivity index (χ2n) is 7.71. The zero-order valence-corrected chi connectivity index (χ0v) is 20.1. The molecule has 0 spiro atoms. The van der Waals surface area contributed by atoms with Crippen LogP contribution in [0, 0.1) is 0 Å². The van der Waals surface area contributed by atoms with Crippen molar-refractivity contribution in [2.24, 2.45) is 0 Å². The van der Waals surface area contributed by atoms with Crippen molar-refractivity contribution in [1.29, 1.82) is 0 Å². The lowest BCUT2D eigenvalue weighted by Gasteiger charge is -2.19. The molecule has 0 radical (unpaired) electrons. The Morgan fingerprint density at radius 1 is 0.943 bits per heavy atom. The number of likely N-dealkylation sites (N-methyl/N-ethyl adjacent to an activating group) is 1. The summed E-state index contributed by atoms with van der Waals surface area (Å²) in [5.41, 5.74) is 3.16. The number of nitrogens with zero attached hydrogens (tertiary/aromatic N) is 2. The molecule has 1 aliphatic rings.